The normalized spacial score (nSPS) is 27.8. The smallest absolute Gasteiger partial charge is 0.245 e. The maximum absolute atomic E-state index is 12.2. The van der Waals surface area contributed by atoms with Crippen LogP contribution in [0.2, 0.25) is 5.02 Å². The lowest BCUT2D eigenvalue weighted by Crippen LogP contribution is -2.53. The number of aromatic nitrogens is 1. The summed E-state index contributed by atoms with van der Waals surface area (Å²) in [5.41, 5.74) is 5.44. The average Bonchev–Trinajstić information content (AvgIpc) is 2.32. The molecular weight excluding hydrogens is 250 g/mol. The first-order valence-corrected chi connectivity index (χ1v) is 6.59. The van der Waals surface area contributed by atoms with Crippen LogP contribution in [0.15, 0.2) is 18.3 Å². The number of nitrogens with zero attached hydrogens (tertiary/aromatic N) is 1. The Morgan fingerprint density at radius 3 is 3.00 bits per heavy atom. The van der Waals surface area contributed by atoms with Crippen molar-refractivity contribution in [2.75, 3.05) is 5.32 Å². The van der Waals surface area contributed by atoms with Crippen LogP contribution in [0.4, 0.5) is 5.82 Å². The summed E-state index contributed by atoms with van der Waals surface area (Å²) < 4.78 is 0. The molecule has 1 aromatic rings. The Bertz CT molecular complexity index is 434. The number of hydrogen-bond donors (Lipinski definition) is 2. The first-order valence-electron chi connectivity index (χ1n) is 6.21. The summed E-state index contributed by atoms with van der Waals surface area (Å²) in [7, 11) is 0. The molecule has 2 rings (SSSR count). The zero-order chi connectivity index (χ0) is 13.2. The van der Waals surface area contributed by atoms with E-state index in [0.717, 1.165) is 25.7 Å². The molecule has 1 aliphatic rings. The first kappa shape index (κ1) is 13.3. The maximum Gasteiger partial charge on any atom is 0.245 e. The number of pyridine rings is 1. The highest BCUT2D eigenvalue weighted by Gasteiger charge is 2.38. The molecule has 3 N–H and O–H groups in total. The van der Waals surface area contributed by atoms with Crippen molar-refractivity contribution in [1.29, 1.82) is 0 Å². The molecule has 0 aliphatic heterocycles. The Morgan fingerprint density at radius 2 is 2.39 bits per heavy atom. The van der Waals surface area contributed by atoms with Crippen LogP contribution in [0, 0.1) is 5.92 Å². The van der Waals surface area contributed by atoms with Gasteiger partial charge in [0.15, 0.2) is 0 Å². The van der Waals surface area contributed by atoms with E-state index in [1.54, 1.807) is 12.1 Å². The van der Waals surface area contributed by atoms with Crippen LogP contribution in [0.1, 0.15) is 32.6 Å². The number of nitrogens with two attached hydrogens (primary N) is 1. The van der Waals surface area contributed by atoms with Gasteiger partial charge in [-0.3, -0.25) is 4.79 Å². The van der Waals surface area contributed by atoms with Gasteiger partial charge in [-0.05, 0) is 30.9 Å². The maximum atomic E-state index is 12.2. The number of amides is 1. The molecule has 1 aromatic heterocycles. The first-order chi connectivity index (χ1) is 8.49. The van der Waals surface area contributed by atoms with E-state index in [0.29, 0.717) is 16.8 Å². The third-order valence-corrected chi connectivity index (χ3v) is 3.68. The van der Waals surface area contributed by atoms with Crippen LogP contribution < -0.4 is 11.1 Å². The second-order valence-corrected chi connectivity index (χ2v) is 5.61. The average molecular weight is 268 g/mol. The quantitative estimate of drug-likeness (QED) is 0.865. The Balaban J connectivity index is 2.04. The van der Waals surface area contributed by atoms with Gasteiger partial charge in [0.25, 0.3) is 0 Å². The fourth-order valence-electron chi connectivity index (χ4n) is 2.49. The van der Waals surface area contributed by atoms with Crippen molar-refractivity contribution >= 4 is 23.3 Å². The zero-order valence-corrected chi connectivity index (χ0v) is 11.2. The molecule has 0 bridgehead atoms. The summed E-state index contributed by atoms with van der Waals surface area (Å²) in [5.74, 6) is 0.837. The SMILES string of the molecule is CC1CCCC(N)(C(=O)Nc2ccc(Cl)cn2)C1. The summed E-state index contributed by atoms with van der Waals surface area (Å²) in [6.07, 6.45) is 5.11. The lowest BCUT2D eigenvalue weighted by molar-refractivity contribution is -0.122. The molecule has 2 unspecified atom stereocenters. The second-order valence-electron chi connectivity index (χ2n) is 5.17. The minimum Gasteiger partial charge on any atom is -0.317 e. The third kappa shape index (κ3) is 3.00. The summed E-state index contributed by atoms with van der Waals surface area (Å²) in [6.45, 7) is 2.13. The van der Waals surface area contributed by atoms with E-state index < -0.39 is 5.54 Å². The van der Waals surface area contributed by atoms with Gasteiger partial charge in [-0.25, -0.2) is 4.98 Å². The number of anilines is 1. The highest BCUT2D eigenvalue weighted by atomic mass is 35.5. The minimum absolute atomic E-state index is 0.149. The van der Waals surface area contributed by atoms with Crippen molar-refractivity contribution < 1.29 is 4.79 Å². The number of carbonyl (C=O) groups is 1. The van der Waals surface area contributed by atoms with Crippen LogP contribution in [0.25, 0.3) is 0 Å². The lowest BCUT2D eigenvalue weighted by Gasteiger charge is -2.35. The summed E-state index contributed by atoms with van der Waals surface area (Å²) in [4.78, 5) is 16.3. The molecule has 0 radical (unpaired) electrons. The van der Waals surface area contributed by atoms with Gasteiger partial charge in [0, 0.05) is 6.20 Å². The molecule has 5 heteroatoms. The second kappa shape index (κ2) is 5.24. The van der Waals surface area contributed by atoms with Crippen molar-refractivity contribution in [3.63, 3.8) is 0 Å². The molecule has 98 valence electrons. The minimum atomic E-state index is -0.765. The van der Waals surface area contributed by atoms with E-state index in [2.05, 4.69) is 17.2 Å². The molecule has 0 saturated heterocycles. The molecule has 1 saturated carbocycles. The predicted molar refractivity (Wildman–Crippen MR) is 72.4 cm³/mol. The molecular formula is C13H18ClN3O. The Hall–Kier alpha value is -1.13. The lowest BCUT2D eigenvalue weighted by atomic mass is 9.76. The monoisotopic (exact) mass is 267 g/mol. The number of rotatable bonds is 2. The van der Waals surface area contributed by atoms with Crippen molar-refractivity contribution in [1.82, 2.24) is 4.98 Å². The molecule has 0 aromatic carbocycles. The van der Waals surface area contributed by atoms with Crippen LogP contribution in [0.3, 0.4) is 0 Å². The van der Waals surface area contributed by atoms with Gasteiger partial charge in [-0.1, -0.05) is 31.4 Å². The standard InChI is InChI=1S/C13H18ClN3O/c1-9-3-2-6-13(15,7-9)12(18)17-11-5-4-10(14)8-16-11/h4-5,8-9H,2-3,6-7,15H2,1H3,(H,16,17,18). The Morgan fingerprint density at radius 1 is 1.61 bits per heavy atom. The van der Waals surface area contributed by atoms with Crippen LogP contribution in [-0.4, -0.2) is 16.4 Å². The van der Waals surface area contributed by atoms with Gasteiger partial charge in [0.1, 0.15) is 5.82 Å². The van der Waals surface area contributed by atoms with E-state index in [9.17, 15) is 4.79 Å². The van der Waals surface area contributed by atoms with Crippen LogP contribution in [0.5, 0.6) is 0 Å². The van der Waals surface area contributed by atoms with Crippen molar-refractivity contribution in [3.8, 4) is 0 Å². The van der Waals surface area contributed by atoms with Gasteiger partial charge in [-0.2, -0.15) is 0 Å². The Labute approximate surface area is 112 Å². The molecule has 18 heavy (non-hydrogen) atoms. The fraction of sp³-hybridized carbons (Fsp3) is 0.538. The number of nitrogens with one attached hydrogen (secondary N) is 1. The topological polar surface area (TPSA) is 68.0 Å². The molecule has 1 aliphatic carbocycles. The number of halogens is 1. The van der Waals surface area contributed by atoms with Crippen LogP contribution in [-0.2, 0) is 4.79 Å². The van der Waals surface area contributed by atoms with Gasteiger partial charge in [0.05, 0.1) is 10.6 Å². The fourth-order valence-corrected chi connectivity index (χ4v) is 2.60. The van der Waals surface area contributed by atoms with E-state index in [-0.39, 0.29) is 5.91 Å². The molecule has 0 spiro atoms. The van der Waals surface area contributed by atoms with E-state index in [1.165, 1.54) is 6.20 Å². The molecule has 1 fully saturated rings. The highest BCUT2D eigenvalue weighted by molar-refractivity contribution is 6.30. The van der Waals surface area contributed by atoms with Gasteiger partial charge < -0.3 is 11.1 Å². The number of hydrogen-bond acceptors (Lipinski definition) is 3. The summed E-state index contributed by atoms with van der Waals surface area (Å²) in [5, 5.41) is 3.31. The zero-order valence-electron chi connectivity index (χ0n) is 10.4. The number of carbonyl (C=O) groups excluding carboxylic acids is 1. The summed E-state index contributed by atoms with van der Waals surface area (Å²) in [6, 6.07) is 3.37. The molecule has 4 nitrogen and oxygen atoms in total. The molecule has 1 heterocycles. The highest BCUT2D eigenvalue weighted by Crippen LogP contribution is 2.31. The van der Waals surface area contributed by atoms with Crippen molar-refractivity contribution in [2.24, 2.45) is 11.7 Å². The van der Waals surface area contributed by atoms with E-state index >= 15 is 0 Å². The van der Waals surface area contributed by atoms with Gasteiger partial charge >= 0.3 is 0 Å². The third-order valence-electron chi connectivity index (χ3n) is 3.45. The van der Waals surface area contributed by atoms with E-state index in [1.807, 2.05) is 0 Å². The summed E-state index contributed by atoms with van der Waals surface area (Å²) >= 11 is 5.74. The van der Waals surface area contributed by atoms with E-state index in [4.69, 9.17) is 17.3 Å². The Kier molecular flexibility index (Phi) is 3.88. The van der Waals surface area contributed by atoms with Crippen molar-refractivity contribution in [2.45, 2.75) is 38.1 Å². The van der Waals surface area contributed by atoms with Gasteiger partial charge in [-0.15, -0.1) is 0 Å². The van der Waals surface area contributed by atoms with Crippen LogP contribution >= 0.6 is 11.6 Å². The molecule has 2 atom stereocenters. The largest absolute Gasteiger partial charge is 0.317 e. The molecule has 1 amide bonds. The van der Waals surface area contributed by atoms with Gasteiger partial charge in [0.2, 0.25) is 5.91 Å². The van der Waals surface area contributed by atoms with Crippen molar-refractivity contribution in [3.05, 3.63) is 23.4 Å². The predicted octanol–water partition coefficient (Wildman–Crippen LogP) is 2.58.